The van der Waals surface area contributed by atoms with Gasteiger partial charge in [0.15, 0.2) is 0 Å². The van der Waals surface area contributed by atoms with Gasteiger partial charge in [-0.3, -0.25) is 0 Å². The number of hydrogen-bond donors (Lipinski definition) is 0. The van der Waals surface area contributed by atoms with E-state index in [1.165, 1.54) is 0 Å². The van der Waals surface area contributed by atoms with Gasteiger partial charge in [-0.15, -0.1) is 0 Å². The molecule has 0 spiro atoms. The standard InChI is InChI=1S/C64H42F2N2/c65-57-40-49(43-20-7-1-8-21-43)38-55(45-24-11-3-12-25-45)63(57)67(51-29-15-5-16-30-51)59-37-35-48-42-60(53-33-19-28-47-34-36-54(59)62(48)61(47)53)68(52-31-17-6-18-32-52)64-56(46-26-13-4-14-27-46)39-50(41-58(64)66)44-22-9-2-10-23-44/h1-42H. The van der Waals surface area contributed by atoms with Gasteiger partial charge in [0.25, 0.3) is 0 Å². The van der Waals surface area contributed by atoms with Crippen LogP contribution in [-0.2, 0) is 0 Å². The number of para-hydroxylation sites is 2. The Balaban J connectivity index is 1.13. The highest BCUT2D eigenvalue weighted by Crippen LogP contribution is 2.52. The molecular weight excluding hydrogens is 835 g/mol. The smallest absolute Gasteiger partial charge is 0.148 e. The van der Waals surface area contributed by atoms with E-state index in [4.69, 9.17) is 0 Å². The molecule has 0 aliphatic rings. The second kappa shape index (κ2) is 17.2. The van der Waals surface area contributed by atoms with Crippen LogP contribution in [-0.4, -0.2) is 0 Å². The van der Waals surface area contributed by atoms with Crippen molar-refractivity contribution in [2.45, 2.75) is 0 Å². The highest BCUT2D eigenvalue weighted by Gasteiger charge is 2.28. The minimum Gasteiger partial charge on any atom is -0.307 e. The van der Waals surface area contributed by atoms with Crippen molar-refractivity contribution in [1.29, 1.82) is 0 Å². The molecule has 4 heteroatoms. The zero-order valence-corrected chi connectivity index (χ0v) is 36.9. The van der Waals surface area contributed by atoms with Crippen LogP contribution in [0.25, 0.3) is 76.8 Å². The van der Waals surface area contributed by atoms with E-state index >= 15 is 8.78 Å². The van der Waals surface area contributed by atoms with Crippen molar-refractivity contribution in [1.82, 2.24) is 0 Å². The lowest BCUT2D eigenvalue weighted by Crippen LogP contribution is -2.15. The largest absolute Gasteiger partial charge is 0.307 e. The van der Waals surface area contributed by atoms with Gasteiger partial charge < -0.3 is 9.80 Å². The van der Waals surface area contributed by atoms with Gasteiger partial charge in [-0.05, 0) is 116 Å². The lowest BCUT2D eigenvalue weighted by Gasteiger charge is -2.32. The normalized spacial score (nSPS) is 11.4. The van der Waals surface area contributed by atoms with E-state index in [1.54, 1.807) is 12.1 Å². The molecule has 0 saturated heterocycles. The van der Waals surface area contributed by atoms with Gasteiger partial charge in [-0.1, -0.05) is 194 Å². The molecule has 0 N–H and O–H groups in total. The molecule has 0 atom stereocenters. The number of hydrogen-bond acceptors (Lipinski definition) is 2. The lowest BCUT2D eigenvalue weighted by atomic mass is 9.90. The fraction of sp³-hybridized carbons (Fsp3) is 0. The minimum absolute atomic E-state index is 0.338. The first-order valence-electron chi connectivity index (χ1n) is 22.9. The average molecular weight is 877 g/mol. The predicted octanol–water partition coefficient (Wildman–Crippen LogP) is 18.5. The summed E-state index contributed by atoms with van der Waals surface area (Å²) in [4.78, 5) is 4.16. The molecule has 0 bridgehead atoms. The van der Waals surface area contributed by atoms with E-state index in [2.05, 4.69) is 70.5 Å². The van der Waals surface area contributed by atoms with Crippen LogP contribution in [0, 0.1) is 11.6 Å². The van der Waals surface area contributed by atoms with Crippen LogP contribution in [0.1, 0.15) is 0 Å². The van der Waals surface area contributed by atoms with Crippen molar-refractivity contribution in [3.05, 3.63) is 266 Å². The number of nitrogens with zero attached hydrogens (tertiary/aromatic N) is 2. The molecule has 0 aliphatic carbocycles. The third kappa shape index (κ3) is 7.11. The van der Waals surface area contributed by atoms with Crippen molar-refractivity contribution in [3.63, 3.8) is 0 Å². The van der Waals surface area contributed by atoms with Crippen LogP contribution < -0.4 is 9.80 Å². The third-order valence-corrected chi connectivity index (χ3v) is 13.1. The van der Waals surface area contributed by atoms with Crippen molar-refractivity contribution >= 4 is 66.4 Å². The minimum atomic E-state index is -0.338. The zero-order chi connectivity index (χ0) is 45.6. The molecule has 0 unspecified atom stereocenters. The Morgan fingerprint density at radius 1 is 0.265 bits per heavy atom. The summed E-state index contributed by atoms with van der Waals surface area (Å²) in [6.07, 6.45) is 0. The van der Waals surface area contributed by atoms with Crippen LogP contribution >= 0.6 is 0 Å². The monoisotopic (exact) mass is 876 g/mol. The molecule has 68 heavy (non-hydrogen) atoms. The number of halogens is 2. The topological polar surface area (TPSA) is 6.48 Å². The first-order chi connectivity index (χ1) is 33.6. The number of benzene rings is 12. The summed E-state index contributed by atoms with van der Waals surface area (Å²) in [5, 5.41) is 6.02. The SMILES string of the molecule is Fc1cc(-c2ccccc2)cc(-c2ccccc2)c1N(c1ccccc1)c1cc2ccc(N(c3ccccc3)c3c(F)cc(-c4ccccc4)cc3-c3ccccc3)c3ccc4cccc1c4c23. The van der Waals surface area contributed by atoms with Crippen LogP contribution in [0.4, 0.5) is 42.9 Å². The summed E-state index contributed by atoms with van der Waals surface area (Å²) in [7, 11) is 0. The van der Waals surface area contributed by atoms with Crippen molar-refractivity contribution in [2.75, 3.05) is 9.80 Å². The Hall–Kier alpha value is -8.86. The molecule has 0 amide bonds. The van der Waals surface area contributed by atoms with Crippen molar-refractivity contribution in [3.8, 4) is 44.5 Å². The van der Waals surface area contributed by atoms with Gasteiger partial charge >= 0.3 is 0 Å². The summed E-state index contributed by atoms with van der Waals surface area (Å²) < 4.78 is 35.3. The third-order valence-electron chi connectivity index (χ3n) is 13.1. The van der Waals surface area contributed by atoms with Crippen LogP contribution in [0.2, 0.25) is 0 Å². The summed E-state index contributed by atoms with van der Waals surface area (Å²) in [6, 6.07) is 84.9. The fourth-order valence-corrected chi connectivity index (χ4v) is 10.0. The molecule has 0 heterocycles. The van der Waals surface area contributed by atoms with Gasteiger partial charge in [0.05, 0.1) is 22.7 Å². The van der Waals surface area contributed by atoms with Crippen molar-refractivity contribution in [2.24, 2.45) is 0 Å². The maximum absolute atomic E-state index is 17.7. The Labute approximate surface area is 394 Å². The second-order valence-electron chi connectivity index (χ2n) is 17.1. The molecule has 0 radical (unpaired) electrons. The number of rotatable bonds is 10. The van der Waals surface area contributed by atoms with Gasteiger partial charge in [0, 0.05) is 33.3 Å². The molecule has 12 aromatic rings. The second-order valence-corrected chi connectivity index (χ2v) is 17.1. The Morgan fingerprint density at radius 2 is 0.662 bits per heavy atom. The maximum Gasteiger partial charge on any atom is 0.148 e. The molecule has 0 aromatic heterocycles. The Bertz CT molecular complexity index is 3730. The summed E-state index contributed by atoms with van der Waals surface area (Å²) >= 11 is 0. The molecule has 2 nitrogen and oxygen atoms in total. The lowest BCUT2D eigenvalue weighted by molar-refractivity contribution is 0.629. The van der Waals surface area contributed by atoms with E-state index in [0.717, 1.165) is 99.6 Å². The molecule has 322 valence electrons. The Kier molecular flexibility index (Phi) is 10.3. The first-order valence-corrected chi connectivity index (χ1v) is 22.9. The Morgan fingerprint density at radius 3 is 1.15 bits per heavy atom. The van der Waals surface area contributed by atoms with Crippen LogP contribution in [0.15, 0.2) is 255 Å². The van der Waals surface area contributed by atoms with E-state index in [-0.39, 0.29) is 11.6 Å². The molecule has 0 aliphatic heterocycles. The van der Waals surface area contributed by atoms with E-state index in [9.17, 15) is 0 Å². The van der Waals surface area contributed by atoms with Crippen LogP contribution in [0.3, 0.4) is 0 Å². The summed E-state index contributed by atoms with van der Waals surface area (Å²) in [5.41, 5.74) is 11.1. The molecule has 12 aromatic carbocycles. The fourth-order valence-electron chi connectivity index (χ4n) is 10.0. The summed E-state index contributed by atoms with van der Waals surface area (Å²) in [5.74, 6) is -0.676. The van der Waals surface area contributed by atoms with E-state index in [1.807, 2.05) is 182 Å². The predicted molar refractivity (Wildman–Crippen MR) is 281 cm³/mol. The van der Waals surface area contributed by atoms with Gasteiger partial charge in [0.2, 0.25) is 0 Å². The van der Waals surface area contributed by atoms with Gasteiger partial charge in [-0.2, -0.15) is 0 Å². The molecular formula is C64H42F2N2. The summed E-state index contributed by atoms with van der Waals surface area (Å²) in [6.45, 7) is 0. The van der Waals surface area contributed by atoms with Crippen LogP contribution in [0.5, 0.6) is 0 Å². The van der Waals surface area contributed by atoms with Gasteiger partial charge in [-0.25, -0.2) is 8.78 Å². The molecule has 0 fully saturated rings. The van der Waals surface area contributed by atoms with Crippen molar-refractivity contribution < 1.29 is 8.78 Å². The highest BCUT2D eigenvalue weighted by atomic mass is 19.1. The molecule has 0 saturated carbocycles. The highest BCUT2D eigenvalue weighted by molar-refractivity contribution is 6.29. The molecule has 12 rings (SSSR count). The average Bonchev–Trinajstić information content (AvgIpc) is 3.41. The van der Waals surface area contributed by atoms with E-state index < -0.39 is 0 Å². The van der Waals surface area contributed by atoms with Gasteiger partial charge in [0.1, 0.15) is 11.6 Å². The first kappa shape index (κ1) is 40.6. The van der Waals surface area contributed by atoms with E-state index in [0.29, 0.717) is 11.4 Å². The maximum atomic E-state index is 17.7. The zero-order valence-electron chi connectivity index (χ0n) is 36.9. The number of anilines is 6. The quantitative estimate of drug-likeness (QED) is 0.126.